The van der Waals surface area contributed by atoms with Crippen LogP contribution < -0.4 is 5.73 Å². The lowest BCUT2D eigenvalue weighted by Crippen LogP contribution is -2.12. The van der Waals surface area contributed by atoms with Crippen LogP contribution in [0, 0.1) is 6.92 Å². The summed E-state index contributed by atoms with van der Waals surface area (Å²) in [5, 5.41) is 0. The van der Waals surface area contributed by atoms with Gasteiger partial charge in [0, 0.05) is 18.6 Å². The summed E-state index contributed by atoms with van der Waals surface area (Å²) in [5.41, 5.74) is 6.74. The van der Waals surface area contributed by atoms with Gasteiger partial charge in [-0.15, -0.1) is 11.6 Å². The number of rotatable bonds is 5. The van der Waals surface area contributed by atoms with Crippen LogP contribution >= 0.6 is 11.6 Å². The minimum Gasteiger partial charge on any atom is -0.325 e. The third-order valence-electron chi connectivity index (χ3n) is 2.33. The van der Waals surface area contributed by atoms with Crippen LogP contribution in [0.5, 0.6) is 0 Å². The zero-order valence-corrected chi connectivity index (χ0v) is 10.7. The molecule has 0 unspecified atom stereocenters. The second-order valence-electron chi connectivity index (χ2n) is 3.45. The van der Waals surface area contributed by atoms with Crippen molar-refractivity contribution in [3.63, 3.8) is 0 Å². The molecule has 0 fully saturated rings. The predicted molar refractivity (Wildman–Crippen MR) is 64.3 cm³/mol. The van der Waals surface area contributed by atoms with Crippen molar-refractivity contribution >= 4 is 21.4 Å². The van der Waals surface area contributed by atoms with Crippen molar-refractivity contribution in [2.24, 2.45) is 5.73 Å². The van der Waals surface area contributed by atoms with Gasteiger partial charge >= 0.3 is 0 Å². The zero-order chi connectivity index (χ0) is 12.2. The topological polar surface area (TPSA) is 73.0 Å². The first-order chi connectivity index (χ1) is 7.53. The van der Waals surface area contributed by atoms with Gasteiger partial charge in [0.05, 0.1) is 16.3 Å². The summed E-state index contributed by atoms with van der Waals surface area (Å²) >= 11 is 5.50. The van der Waals surface area contributed by atoms with Gasteiger partial charge < -0.3 is 5.73 Å². The van der Waals surface area contributed by atoms with Crippen molar-refractivity contribution in [1.82, 2.24) is 4.98 Å². The molecule has 6 heteroatoms. The van der Waals surface area contributed by atoms with Gasteiger partial charge in [-0.2, -0.15) is 0 Å². The molecule has 0 saturated carbocycles. The molecule has 2 N–H and O–H groups in total. The monoisotopic (exact) mass is 262 g/mol. The van der Waals surface area contributed by atoms with Gasteiger partial charge in [0.15, 0.2) is 9.84 Å². The van der Waals surface area contributed by atoms with E-state index < -0.39 is 9.84 Å². The molecule has 0 aliphatic rings. The summed E-state index contributed by atoms with van der Waals surface area (Å²) in [6, 6.07) is 1.51. The first-order valence-electron chi connectivity index (χ1n) is 4.96. The van der Waals surface area contributed by atoms with Crippen LogP contribution in [0.3, 0.4) is 0 Å². The Labute approximate surface area is 101 Å². The van der Waals surface area contributed by atoms with E-state index in [1.807, 2.05) is 0 Å². The highest BCUT2D eigenvalue weighted by Crippen LogP contribution is 2.18. The molecule has 0 atom stereocenters. The van der Waals surface area contributed by atoms with Gasteiger partial charge in [0.1, 0.15) is 0 Å². The fourth-order valence-electron chi connectivity index (χ4n) is 1.46. The van der Waals surface area contributed by atoms with Crippen LogP contribution in [-0.4, -0.2) is 25.0 Å². The predicted octanol–water partition coefficient (Wildman–Crippen LogP) is 1.25. The number of hydrogen-bond donors (Lipinski definition) is 1. The molecule has 0 aliphatic carbocycles. The molecule has 0 aromatic carbocycles. The number of alkyl halides is 1. The summed E-state index contributed by atoms with van der Waals surface area (Å²) in [5.74, 6) is 0.401. The highest BCUT2D eigenvalue weighted by molar-refractivity contribution is 7.91. The maximum atomic E-state index is 12.0. The van der Waals surface area contributed by atoms with Crippen molar-refractivity contribution in [2.45, 2.75) is 24.8 Å². The van der Waals surface area contributed by atoms with Crippen molar-refractivity contribution in [3.8, 4) is 0 Å². The third-order valence-corrected chi connectivity index (χ3v) is 4.54. The first kappa shape index (κ1) is 13.4. The summed E-state index contributed by atoms with van der Waals surface area (Å²) in [6.45, 7) is 1.97. The standard InChI is InChI=1S/C10H15ClN2O2S/c1-8-9(7-12)13-5-3-10(8)16(14,15)6-2-4-11/h3,5H,2,4,6-7,12H2,1H3. The molecule has 0 bridgehead atoms. The van der Waals surface area contributed by atoms with Gasteiger partial charge in [-0.3, -0.25) is 4.98 Å². The largest absolute Gasteiger partial charge is 0.325 e. The van der Waals surface area contributed by atoms with E-state index in [9.17, 15) is 8.42 Å². The summed E-state index contributed by atoms with van der Waals surface area (Å²) in [6.07, 6.45) is 1.92. The van der Waals surface area contributed by atoms with Crippen LogP contribution in [0.4, 0.5) is 0 Å². The molecule has 1 aromatic heterocycles. The first-order valence-corrected chi connectivity index (χ1v) is 7.15. The molecule has 0 aliphatic heterocycles. The van der Waals surface area contributed by atoms with E-state index in [1.54, 1.807) is 6.92 Å². The molecule has 1 aromatic rings. The van der Waals surface area contributed by atoms with Gasteiger partial charge in [-0.1, -0.05) is 0 Å². The van der Waals surface area contributed by atoms with E-state index in [1.165, 1.54) is 12.3 Å². The Bertz CT molecular complexity index is 460. The highest BCUT2D eigenvalue weighted by atomic mass is 35.5. The van der Waals surface area contributed by atoms with Crippen LogP contribution in [0.25, 0.3) is 0 Å². The lowest BCUT2D eigenvalue weighted by atomic mass is 10.2. The SMILES string of the molecule is Cc1c(S(=O)(=O)CCCCl)ccnc1CN. The van der Waals surface area contributed by atoms with Gasteiger partial charge in [-0.05, 0) is 25.0 Å². The van der Waals surface area contributed by atoms with Gasteiger partial charge in [-0.25, -0.2) is 8.42 Å². The molecule has 1 rings (SSSR count). The van der Waals surface area contributed by atoms with Crippen molar-refractivity contribution < 1.29 is 8.42 Å². The summed E-state index contributed by atoms with van der Waals surface area (Å²) in [4.78, 5) is 4.35. The van der Waals surface area contributed by atoms with E-state index in [4.69, 9.17) is 17.3 Å². The van der Waals surface area contributed by atoms with Crippen LogP contribution in [0.15, 0.2) is 17.2 Å². The second-order valence-corrected chi connectivity index (χ2v) is 5.90. The maximum Gasteiger partial charge on any atom is 0.178 e. The van der Waals surface area contributed by atoms with E-state index >= 15 is 0 Å². The fourth-order valence-corrected chi connectivity index (χ4v) is 3.35. The van der Waals surface area contributed by atoms with E-state index in [0.29, 0.717) is 28.5 Å². The molecule has 0 saturated heterocycles. The Hall–Kier alpha value is -0.650. The van der Waals surface area contributed by atoms with Crippen LogP contribution in [0.2, 0.25) is 0 Å². The highest BCUT2D eigenvalue weighted by Gasteiger charge is 2.18. The van der Waals surface area contributed by atoms with Crippen molar-refractivity contribution in [1.29, 1.82) is 0 Å². The molecular formula is C10H15ClN2O2S. The minimum atomic E-state index is -3.27. The average molecular weight is 263 g/mol. The average Bonchev–Trinajstić information content (AvgIpc) is 2.26. The van der Waals surface area contributed by atoms with Crippen molar-refractivity contribution in [3.05, 3.63) is 23.5 Å². The number of nitrogens with zero attached hydrogens (tertiary/aromatic N) is 1. The Balaban J connectivity index is 3.13. The lowest BCUT2D eigenvalue weighted by Gasteiger charge is -2.09. The normalized spacial score (nSPS) is 11.7. The lowest BCUT2D eigenvalue weighted by molar-refractivity contribution is 0.593. The number of sulfone groups is 1. The third kappa shape index (κ3) is 2.93. The molecule has 1 heterocycles. The van der Waals surface area contributed by atoms with Crippen LogP contribution in [0.1, 0.15) is 17.7 Å². The minimum absolute atomic E-state index is 0.0609. The molecule has 16 heavy (non-hydrogen) atoms. The summed E-state index contributed by atoms with van der Waals surface area (Å²) < 4.78 is 23.9. The van der Waals surface area contributed by atoms with E-state index in [-0.39, 0.29) is 12.3 Å². The molecule has 0 amide bonds. The second kappa shape index (κ2) is 5.61. The number of halogens is 1. The Morgan fingerprint density at radius 1 is 1.50 bits per heavy atom. The smallest absolute Gasteiger partial charge is 0.178 e. The van der Waals surface area contributed by atoms with Gasteiger partial charge in [0.2, 0.25) is 0 Å². The number of hydrogen-bond acceptors (Lipinski definition) is 4. The Morgan fingerprint density at radius 2 is 2.19 bits per heavy atom. The molecule has 90 valence electrons. The molecular weight excluding hydrogens is 248 g/mol. The Morgan fingerprint density at radius 3 is 2.75 bits per heavy atom. The van der Waals surface area contributed by atoms with Gasteiger partial charge in [0.25, 0.3) is 0 Å². The van der Waals surface area contributed by atoms with E-state index in [2.05, 4.69) is 4.98 Å². The summed E-state index contributed by atoms with van der Waals surface area (Å²) in [7, 11) is -3.27. The quantitative estimate of drug-likeness (QED) is 0.811. The maximum absolute atomic E-state index is 12.0. The number of nitrogens with two attached hydrogens (primary N) is 1. The number of pyridine rings is 1. The number of aromatic nitrogens is 1. The zero-order valence-electron chi connectivity index (χ0n) is 9.11. The van der Waals surface area contributed by atoms with Crippen molar-refractivity contribution in [2.75, 3.05) is 11.6 Å². The fraction of sp³-hybridized carbons (Fsp3) is 0.500. The molecule has 0 spiro atoms. The molecule has 4 nitrogen and oxygen atoms in total. The molecule has 0 radical (unpaired) electrons. The Kier molecular flexibility index (Phi) is 4.70. The van der Waals surface area contributed by atoms with E-state index in [0.717, 1.165) is 0 Å². The van der Waals surface area contributed by atoms with Crippen LogP contribution in [-0.2, 0) is 16.4 Å².